The van der Waals surface area contributed by atoms with Crippen LogP contribution < -0.4 is 5.32 Å². The van der Waals surface area contributed by atoms with E-state index in [1.165, 1.54) is 12.0 Å². The fourth-order valence-electron chi connectivity index (χ4n) is 4.05. The summed E-state index contributed by atoms with van der Waals surface area (Å²) in [4.78, 5) is 13.8. The van der Waals surface area contributed by atoms with Gasteiger partial charge in [0.2, 0.25) is 5.89 Å². The molecule has 30 heavy (non-hydrogen) atoms. The zero-order valence-corrected chi connectivity index (χ0v) is 20.2. The van der Waals surface area contributed by atoms with Gasteiger partial charge in [0, 0.05) is 45.3 Å². The summed E-state index contributed by atoms with van der Waals surface area (Å²) in [5, 5.41) is 3.41. The SMILES string of the molecule is CN=C(NCc1ncc(-c2ccc(C)cc2)o1)N1CCC(CN2CCOCC2)C1.I. The monoisotopic (exact) mass is 525 g/mol. The third-order valence-electron chi connectivity index (χ3n) is 5.70. The molecule has 164 valence electrons. The van der Waals surface area contributed by atoms with Crippen LogP contribution in [0, 0.1) is 12.8 Å². The zero-order valence-electron chi connectivity index (χ0n) is 17.8. The van der Waals surface area contributed by atoms with Gasteiger partial charge in [-0.3, -0.25) is 9.89 Å². The molecule has 2 aliphatic heterocycles. The standard InChI is InChI=1S/C22H31N5O2.HI/c1-17-3-5-19(6-4-17)20-13-24-21(29-20)14-25-22(23-2)27-8-7-18(16-27)15-26-9-11-28-12-10-26;/h3-6,13,18H,7-12,14-16H2,1-2H3,(H,23,25);1H. The molecule has 2 saturated heterocycles. The summed E-state index contributed by atoms with van der Waals surface area (Å²) < 4.78 is 11.4. The Labute approximate surface area is 195 Å². The maximum atomic E-state index is 5.92. The second-order valence-corrected chi connectivity index (χ2v) is 7.90. The van der Waals surface area contributed by atoms with Crippen molar-refractivity contribution in [3.05, 3.63) is 41.9 Å². The molecule has 2 aromatic rings. The lowest BCUT2D eigenvalue weighted by Gasteiger charge is -2.29. The number of morpholine rings is 1. The first-order valence-corrected chi connectivity index (χ1v) is 10.5. The first-order chi connectivity index (χ1) is 14.2. The number of benzene rings is 1. The van der Waals surface area contributed by atoms with E-state index in [0.29, 0.717) is 18.4 Å². The maximum absolute atomic E-state index is 5.92. The molecular weight excluding hydrogens is 493 g/mol. The highest BCUT2D eigenvalue weighted by Crippen LogP contribution is 2.21. The molecule has 0 amide bonds. The molecule has 0 radical (unpaired) electrons. The number of aryl methyl sites for hydroxylation is 1. The van der Waals surface area contributed by atoms with Crippen molar-refractivity contribution in [2.24, 2.45) is 10.9 Å². The third-order valence-corrected chi connectivity index (χ3v) is 5.70. The summed E-state index contributed by atoms with van der Waals surface area (Å²) in [5.74, 6) is 3.07. The molecule has 7 nitrogen and oxygen atoms in total. The highest BCUT2D eigenvalue weighted by Gasteiger charge is 2.27. The van der Waals surface area contributed by atoms with E-state index in [9.17, 15) is 0 Å². The van der Waals surface area contributed by atoms with E-state index in [4.69, 9.17) is 9.15 Å². The highest BCUT2D eigenvalue weighted by molar-refractivity contribution is 14.0. The van der Waals surface area contributed by atoms with E-state index in [0.717, 1.165) is 63.2 Å². The Morgan fingerprint density at radius 2 is 1.97 bits per heavy atom. The predicted octanol–water partition coefficient (Wildman–Crippen LogP) is 3.00. The molecule has 2 fully saturated rings. The Hall–Kier alpha value is -1.65. The summed E-state index contributed by atoms with van der Waals surface area (Å²) in [6.45, 7) is 9.66. The van der Waals surface area contributed by atoms with Crippen molar-refractivity contribution in [1.29, 1.82) is 0 Å². The molecule has 1 unspecified atom stereocenters. The minimum absolute atomic E-state index is 0. The largest absolute Gasteiger partial charge is 0.439 e. The lowest BCUT2D eigenvalue weighted by molar-refractivity contribution is 0.0315. The van der Waals surface area contributed by atoms with Gasteiger partial charge >= 0.3 is 0 Å². The number of ether oxygens (including phenoxy) is 1. The second-order valence-electron chi connectivity index (χ2n) is 7.90. The smallest absolute Gasteiger partial charge is 0.214 e. The fourth-order valence-corrected chi connectivity index (χ4v) is 4.05. The third kappa shape index (κ3) is 5.95. The van der Waals surface area contributed by atoms with Crippen molar-refractivity contribution in [2.75, 3.05) is 53.0 Å². The topological polar surface area (TPSA) is 66.1 Å². The number of aliphatic imine (C=N–C) groups is 1. The molecule has 1 aromatic carbocycles. The van der Waals surface area contributed by atoms with Gasteiger partial charge in [-0.1, -0.05) is 29.8 Å². The van der Waals surface area contributed by atoms with Crippen molar-refractivity contribution in [1.82, 2.24) is 20.1 Å². The van der Waals surface area contributed by atoms with Crippen molar-refractivity contribution < 1.29 is 9.15 Å². The average molecular weight is 525 g/mol. The van der Waals surface area contributed by atoms with Crippen LogP contribution in [-0.2, 0) is 11.3 Å². The van der Waals surface area contributed by atoms with Crippen LogP contribution in [0.5, 0.6) is 0 Å². The number of hydrogen-bond donors (Lipinski definition) is 1. The highest BCUT2D eigenvalue weighted by atomic mass is 127. The van der Waals surface area contributed by atoms with Gasteiger partial charge in [-0.2, -0.15) is 0 Å². The van der Waals surface area contributed by atoms with Crippen LogP contribution >= 0.6 is 24.0 Å². The molecule has 0 spiro atoms. The van der Waals surface area contributed by atoms with Gasteiger partial charge in [0.15, 0.2) is 11.7 Å². The number of guanidine groups is 1. The molecule has 8 heteroatoms. The second kappa shape index (κ2) is 11.1. The number of rotatable bonds is 5. The van der Waals surface area contributed by atoms with Crippen LogP contribution in [-0.4, -0.2) is 73.7 Å². The molecule has 0 bridgehead atoms. The van der Waals surface area contributed by atoms with Crippen molar-refractivity contribution in [3.63, 3.8) is 0 Å². The number of nitrogens with one attached hydrogen (secondary N) is 1. The van der Waals surface area contributed by atoms with Gasteiger partial charge < -0.3 is 19.4 Å². The van der Waals surface area contributed by atoms with Gasteiger partial charge in [0.25, 0.3) is 0 Å². The van der Waals surface area contributed by atoms with Gasteiger partial charge in [0.05, 0.1) is 26.0 Å². The van der Waals surface area contributed by atoms with E-state index < -0.39 is 0 Å². The lowest BCUT2D eigenvalue weighted by atomic mass is 10.1. The molecule has 3 heterocycles. The number of hydrogen-bond acceptors (Lipinski definition) is 5. The van der Waals surface area contributed by atoms with Crippen molar-refractivity contribution in [3.8, 4) is 11.3 Å². The van der Waals surface area contributed by atoms with Crippen LogP contribution in [0.4, 0.5) is 0 Å². The van der Waals surface area contributed by atoms with E-state index in [2.05, 4.69) is 56.3 Å². The van der Waals surface area contributed by atoms with Gasteiger partial charge in [0.1, 0.15) is 0 Å². The van der Waals surface area contributed by atoms with Crippen LogP contribution in [0.2, 0.25) is 0 Å². The Morgan fingerprint density at radius 1 is 1.20 bits per heavy atom. The van der Waals surface area contributed by atoms with E-state index in [1.807, 2.05) is 7.05 Å². The van der Waals surface area contributed by atoms with Crippen LogP contribution in [0.15, 0.2) is 39.9 Å². The Kier molecular flexibility index (Phi) is 8.52. The Balaban J connectivity index is 0.00000256. The minimum Gasteiger partial charge on any atom is -0.439 e. The molecular formula is C22H32IN5O2. The van der Waals surface area contributed by atoms with Gasteiger partial charge in [-0.25, -0.2) is 4.98 Å². The fraction of sp³-hybridized carbons (Fsp3) is 0.545. The van der Waals surface area contributed by atoms with Gasteiger partial charge in [-0.15, -0.1) is 24.0 Å². The predicted molar refractivity (Wildman–Crippen MR) is 129 cm³/mol. The lowest BCUT2D eigenvalue weighted by Crippen LogP contribution is -2.42. The van der Waals surface area contributed by atoms with Crippen molar-refractivity contribution in [2.45, 2.75) is 19.9 Å². The number of halogens is 1. The van der Waals surface area contributed by atoms with Gasteiger partial charge in [-0.05, 0) is 19.3 Å². The minimum atomic E-state index is 0. The quantitative estimate of drug-likeness (QED) is 0.368. The summed E-state index contributed by atoms with van der Waals surface area (Å²) in [5.41, 5.74) is 2.28. The normalized spacial score (nSPS) is 20.3. The van der Waals surface area contributed by atoms with Crippen LogP contribution in [0.25, 0.3) is 11.3 Å². The Morgan fingerprint density at radius 3 is 2.70 bits per heavy atom. The van der Waals surface area contributed by atoms with E-state index >= 15 is 0 Å². The molecule has 0 aliphatic carbocycles. The number of nitrogens with zero attached hydrogens (tertiary/aromatic N) is 4. The van der Waals surface area contributed by atoms with E-state index in [-0.39, 0.29) is 24.0 Å². The molecule has 1 atom stereocenters. The summed E-state index contributed by atoms with van der Waals surface area (Å²) in [6, 6.07) is 8.28. The zero-order chi connectivity index (χ0) is 20.1. The molecule has 2 aliphatic rings. The Bertz CT molecular complexity index is 817. The summed E-state index contributed by atoms with van der Waals surface area (Å²) in [7, 11) is 1.84. The number of oxazole rings is 1. The first-order valence-electron chi connectivity index (χ1n) is 10.5. The number of likely N-dealkylation sites (tertiary alicyclic amines) is 1. The average Bonchev–Trinajstić information content (AvgIpc) is 3.40. The molecule has 0 saturated carbocycles. The van der Waals surface area contributed by atoms with Crippen LogP contribution in [0.1, 0.15) is 17.9 Å². The molecule has 1 N–H and O–H groups in total. The molecule has 4 rings (SSSR count). The summed E-state index contributed by atoms with van der Waals surface area (Å²) >= 11 is 0. The number of aromatic nitrogens is 1. The maximum Gasteiger partial charge on any atom is 0.214 e. The summed E-state index contributed by atoms with van der Waals surface area (Å²) in [6.07, 6.45) is 2.99. The van der Waals surface area contributed by atoms with Crippen LogP contribution in [0.3, 0.4) is 0 Å². The van der Waals surface area contributed by atoms with E-state index in [1.54, 1.807) is 6.20 Å². The van der Waals surface area contributed by atoms with Crippen molar-refractivity contribution >= 4 is 29.9 Å². The molecule has 1 aromatic heterocycles. The first kappa shape index (κ1) is 23.0.